The summed E-state index contributed by atoms with van der Waals surface area (Å²) in [6.07, 6.45) is 4.25. The molecule has 2 amide bonds. The number of carboxylic acid groups (broad SMARTS) is 1. The van der Waals surface area contributed by atoms with Crippen molar-refractivity contribution in [3.8, 4) is 0 Å². The first-order chi connectivity index (χ1) is 10.1. The third kappa shape index (κ3) is 4.45. The van der Waals surface area contributed by atoms with Crippen molar-refractivity contribution in [1.82, 2.24) is 24.9 Å². The Bertz CT molecular complexity index is 476. The van der Waals surface area contributed by atoms with E-state index >= 15 is 0 Å². The molecule has 0 saturated carbocycles. The van der Waals surface area contributed by atoms with E-state index in [0.29, 0.717) is 32.7 Å². The maximum absolute atomic E-state index is 12.4. The average molecular weight is 295 g/mol. The van der Waals surface area contributed by atoms with Gasteiger partial charge >= 0.3 is 12.0 Å². The second-order valence-corrected chi connectivity index (χ2v) is 5.26. The molecule has 116 valence electrons. The van der Waals surface area contributed by atoms with Crippen LogP contribution in [-0.4, -0.2) is 81.8 Å². The predicted molar refractivity (Wildman–Crippen MR) is 75.7 cm³/mol. The molecule has 1 aromatic heterocycles. The van der Waals surface area contributed by atoms with Gasteiger partial charge < -0.3 is 14.9 Å². The molecule has 0 spiro atoms. The fraction of sp³-hybridized carbons (Fsp3) is 0.615. The molecule has 0 aliphatic carbocycles. The summed E-state index contributed by atoms with van der Waals surface area (Å²) in [5, 5.41) is 15.4. The molecule has 0 atom stereocenters. The quantitative estimate of drug-likeness (QED) is 0.819. The average Bonchev–Trinajstić information content (AvgIpc) is 2.83. The molecule has 21 heavy (non-hydrogen) atoms. The van der Waals surface area contributed by atoms with Crippen molar-refractivity contribution in [3.63, 3.8) is 0 Å². The predicted octanol–water partition coefficient (Wildman–Crippen LogP) is 0.0538. The highest BCUT2D eigenvalue weighted by atomic mass is 16.4. The van der Waals surface area contributed by atoms with E-state index in [1.54, 1.807) is 29.2 Å². The minimum Gasteiger partial charge on any atom is -0.480 e. The summed E-state index contributed by atoms with van der Waals surface area (Å²) in [4.78, 5) is 28.4. The highest BCUT2D eigenvalue weighted by Crippen LogP contribution is 2.08. The smallest absolute Gasteiger partial charge is 0.320 e. The first-order valence-corrected chi connectivity index (χ1v) is 6.98. The van der Waals surface area contributed by atoms with Gasteiger partial charge in [0, 0.05) is 45.0 Å². The van der Waals surface area contributed by atoms with Crippen LogP contribution in [0.3, 0.4) is 0 Å². The Balaban J connectivity index is 1.86. The fourth-order valence-corrected chi connectivity index (χ4v) is 2.46. The molecule has 0 unspecified atom stereocenters. The monoisotopic (exact) mass is 295 g/mol. The number of amides is 2. The molecule has 8 heteroatoms. The van der Waals surface area contributed by atoms with Crippen molar-refractivity contribution in [2.45, 2.75) is 13.0 Å². The van der Waals surface area contributed by atoms with Gasteiger partial charge in [-0.1, -0.05) is 0 Å². The summed E-state index contributed by atoms with van der Waals surface area (Å²) < 4.78 is 0. The van der Waals surface area contributed by atoms with Gasteiger partial charge in [0.05, 0.1) is 19.3 Å². The van der Waals surface area contributed by atoms with E-state index in [-0.39, 0.29) is 12.6 Å². The molecule has 2 rings (SSSR count). The van der Waals surface area contributed by atoms with Gasteiger partial charge in [-0.05, 0) is 6.42 Å². The third-order valence-electron chi connectivity index (χ3n) is 3.52. The normalized spacial score (nSPS) is 16.5. The van der Waals surface area contributed by atoms with Crippen LogP contribution in [0.25, 0.3) is 0 Å². The Labute approximate surface area is 123 Å². The first kappa shape index (κ1) is 15.3. The first-order valence-electron chi connectivity index (χ1n) is 6.98. The lowest BCUT2D eigenvalue weighted by Crippen LogP contribution is -2.43. The molecule has 0 aromatic carbocycles. The van der Waals surface area contributed by atoms with Gasteiger partial charge in [0.2, 0.25) is 0 Å². The molecule has 1 aliphatic rings. The van der Waals surface area contributed by atoms with Crippen LogP contribution >= 0.6 is 0 Å². The minimum absolute atomic E-state index is 0.0339. The summed E-state index contributed by atoms with van der Waals surface area (Å²) in [6.45, 7) is 3.06. The van der Waals surface area contributed by atoms with Crippen LogP contribution in [0, 0.1) is 0 Å². The number of aliphatic carboxylic acids is 1. The van der Waals surface area contributed by atoms with Gasteiger partial charge in [-0.15, -0.1) is 0 Å². The molecule has 0 bridgehead atoms. The summed E-state index contributed by atoms with van der Waals surface area (Å²) in [5.41, 5.74) is 0.952. The number of carbonyl (C=O) groups excluding carboxylic acids is 1. The number of aromatic nitrogens is 2. The van der Waals surface area contributed by atoms with E-state index in [4.69, 9.17) is 5.11 Å². The van der Waals surface area contributed by atoms with Crippen LogP contribution in [0.2, 0.25) is 0 Å². The molecular weight excluding hydrogens is 274 g/mol. The van der Waals surface area contributed by atoms with Crippen molar-refractivity contribution in [2.24, 2.45) is 0 Å². The number of nitrogens with one attached hydrogen (secondary N) is 1. The largest absolute Gasteiger partial charge is 0.480 e. The van der Waals surface area contributed by atoms with Gasteiger partial charge in [-0.2, -0.15) is 5.10 Å². The van der Waals surface area contributed by atoms with Gasteiger partial charge in [0.15, 0.2) is 0 Å². The summed E-state index contributed by atoms with van der Waals surface area (Å²) in [7, 11) is 1.76. The number of urea groups is 1. The van der Waals surface area contributed by atoms with E-state index in [0.717, 1.165) is 12.0 Å². The topological polar surface area (TPSA) is 92.8 Å². The van der Waals surface area contributed by atoms with Crippen molar-refractivity contribution < 1.29 is 14.7 Å². The number of hydrogen-bond acceptors (Lipinski definition) is 4. The lowest BCUT2D eigenvalue weighted by Gasteiger charge is -2.27. The number of rotatable bonds is 4. The Kier molecular flexibility index (Phi) is 5.15. The number of carbonyl (C=O) groups is 2. The maximum atomic E-state index is 12.4. The lowest BCUT2D eigenvalue weighted by atomic mass is 10.3. The van der Waals surface area contributed by atoms with E-state index in [9.17, 15) is 9.59 Å². The van der Waals surface area contributed by atoms with Crippen LogP contribution in [-0.2, 0) is 11.3 Å². The molecule has 0 radical (unpaired) electrons. The molecule has 1 aliphatic heterocycles. The van der Waals surface area contributed by atoms with E-state index in [1.165, 1.54) is 0 Å². The van der Waals surface area contributed by atoms with Crippen LogP contribution in [0.1, 0.15) is 12.0 Å². The minimum atomic E-state index is -0.827. The maximum Gasteiger partial charge on any atom is 0.320 e. The van der Waals surface area contributed by atoms with E-state index < -0.39 is 5.97 Å². The molecule has 1 fully saturated rings. The van der Waals surface area contributed by atoms with Crippen molar-refractivity contribution >= 4 is 12.0 Å². The number of carboxylic acids is 1. The SMILES string of the molecule is CN(Cc1cn[nH]c1)C(=O)N1CCCN(CC(=O)O)CC1. The summed E-state index contributed by atoms with van der Waals surface area (Å²) in [5.74, 6) is -0.827. The number of hydrogen-bond donors (Lipinski definition) is 2. The van der Waals surface area contributed by atoms with Crippen LogP contribution in [0.15, 0.2) is 12.4 Å². The van der Waals surface area contributed by atoms with E-state index in [2.05, 4.69) is 10.2 Å². The standard InChI is InChI=1S/C13H21N5O3/c1-16(9-11-7-14-15-8-11)13(21)18-4-2-3-17(5-6-18)10-12(19)20/h7-8H,2-6,9-10H2,1H3,(H,14,15)(H,19,20). The molecule has 2 N–H and O–H groups in total. The third-order valence-corrected chi connectivity index (χ3v) is 3.52. The van der Waals surface area contributed by atoms with Crippen molar-refractivity contribution in [1.29, 1.82) is 0 Å². The zero-order chi connectivity index (χ0) is 15.2. The van der Waals surface area contributed by atoms with Gasteiger partial charge in [-0.25, -0.2) is 4.79 Å². The van der Waals surface area contributed by atoms with Crippen LogP contribution < -0.4 is 0 Å². The number of H-pyrrole nitrogens is 1. The second-order valence-electron chi connectivity index (χ2n) is 5.26. The fourth-order valence-electron chi connectivity index (χ4n) is 2.46. The molecule has 8 nitrogen and oxygen atoms in total. The zero-order valence-corrected chi connectivity index (χ0v) is 12.2. The number of nitrogens with zero attached hydrogens (tertiary/aromatic N) is 4. The molecule has 2 heterocycles. The Morgan fingerprint density at radius 2 is 2.19 bits per heavy atom. The van der Waals surface area contributed by atoms with Gasteiger partial charge in [0.25, 0.3) is 0 Å². The molecule has 1 saturated heterocycles. The number of aromatic amines is 1. The summed E-state index contributed by atoms with van der Waals surface area (Å²) >= 11 is 0. The van der Waals surface area contributed by atoms with Crippen molar-refractivity contribution in [2.75, 3.05) is 39.8 Å². The lowest BCUT2D eigenvalue weighted by molar-refractivity contribution is -0.138. The zero-order valence-electron chi connectivity index (χ0n) is 12.2. The van der Waals surface area contributed by atoms with E-state index in [1.807, 2.05) is 4.90 Å². The van der Waals surface area contributed by atoms with Gasteiger partial charge in [0.1, 0.15) is 0 Å². The molecular formula is C13H21N5O3. The highest BCUT2D eigenvalue weighted by Gasteiger charge is 2.22. The second kappa shape index (κ2) is 7.07. The van der Waals surface area contributed by atoms with Crippen molar-refractivity contribution in [3.05, 3.63) is 18.0 Å². The Morgan fingerprint density at radius 1 is 1.38 bits per heavy atom. The Hall–Kier alpha value is -2.09. The Morgan fingerprint density at radius 3 is 2.86 bits per heavy atom. The van der Waals surface area contributed by atoms with Crippen LogP contribution in [0.5, 0.6) is 0 Å². The highest BCUT2D eigenvalue weighted by molar-refractivity contribution is 5.74. The molecule has 1 aromatic rings. The van der Waals surface area contributed by atoms with Gasteiger partial charge in [-0.3, -0.25) is 14.8 Å². The summed E-state index contributed by atoms with van der Waals surface area (Å²) in [6, 6.07) is -0.0339. The van der Waals surface area contributed by atoms with Crippen LogP contribution in [0.4, 0.5) is 4.79 Å².